The molecule has 23 heavy (non-hydrogen) atoms. The van der Waals surface area contributed by atoms with Gasteiger partial charge in [0.2, 0.25) is 0 Å². The van der Waals surface area contributed by atoms with E-state index in [0.717, 1.165) is 34.7 Å². The number of ketones is 1. The number of allylic oxidation sites excluding steroid dienone is 2. The molecule has 0 aromatic heterocycles. The predicted molar refractivity (Wildman–Crippen MR) is 89.7 cm³/mol. The Labute approximate surface area is 135 Å². The van der Waals surface area contributed by atoms with Crippen LogP contribution in [0.1, 0.15) is 18.4 Å². The summed E-state index contributed by atoms with van der Waals surface area (Å²) in [6, 6.07) is 14.6. The molecule has 0 atom stereocenters. The topological polar surface area (TPSA) is 58.6 Å². The van der Waals surface area contributed by atoms with E-state index in [4.69, 9.17) is 4.74 Å². The van der Waals surface area contributed by atoms with Crippen LogP contribution in [0.5, 0.6) is 11.5 Å². The Morgan fingerprint density at radius 3 is 2.39 bits per heavy atom. The van der Waals surface area contributed by atoms with Gasteiger partial charge in [0.25, 0.3) is 0 Å². The van der Waals surface area contributed by atoms with Crippen molar-refractivity contribution in [3.63, 3.8) is 0 Å². The molecule has 0 radical (unpaired) electrons. The molecule has 1 aliphatic carbocycles. The molecule has 0 aliphatic heterocycles. The third kappa shape index (κ3) is 3.54. The minimum atomic E-state index is 0.189. The molecule has 0 saturated carbocycles. The molecule has 2 aromatic rings. The Kier molecular flexibility index (Phi) is 4.33. The van der Waals surface area contributed by atoms with Crippen LogP contribution >= 0.6 is 0 Å². The maximum absolute atomic E-state index is 12.2. The van der Waals surface area contributed by atoms with E-state index in [1.807, 2.05) is 36.4 Å². The van der Waals surface area contributed by atoms with Crippen LogP contribution in [0.15, 0.2) is 59.8 Å². The first kappa shape index (κ1) is 15.2. The molecule has 0 bridgehead atoms. The van der Waals surface area contributed by atoms with E-state index in [9.17, 15) is 9.90 Å². The van der Waals surface area contributed by atoms with Crippen molar-refractivity contribution in [3.8, 4) is 11.5 Å². The number of anilines is 1. The molecule has 2 aromatic carbocycles. The van der Waals surface area contributed by atoms with Gasteiger partial charge < -0.3 is 15.2 Å². The zero-order chi connectivity index (χ0) is 16.2. The fourth-order valence-electron chi connectivity index (χ4n) is 2.72. The fourth-order valence-corrected chi connectivity index (χ4v) is 2.72. The molecule has 1 aliphatic rings. The second kappa shape index (κ2) is 6.57. The molecule has 0 fully saturated rings. The van der Waals surface area contributed by atoms with Crippen LogP contribution in [-0.4, -0.2) is 18.0 Å². The van der Waals surface area contributed by atoms with Gasteiger partial charge in [-0.3, -0.25) is 4.79 Å². The van der Waals surface area contributed by atoms with Crippen LogP contribution in [0.4, 0.5) is 5.69 Å². The summed E-state index contributed by atoms with van der Waals surface area (Å²) in [6.07, 6.45) is 1.86. The average molecular weight is 309 g/mol. The number of carbonyl (C=O) groups is 1. The van der Waals surface area contributed by atoms with Gasteiger partial charge in [0.1, 0.15) is 11.5 Å². The molecule has 0 spiro atoms. The lowest BCUT2D eigenvalue weighted by molar-refractivity contribution is -0.115. The number of aromatic hydroxyl groups is 1. The molecular weight excluding hydrogens is 290 g/mol. The normalized spacial score (nSPS) is 14.2. The average Bonchev–Trinajstić information content (AvgIpc) is 2.91. The standard InChI is InChI=1S/C19H19NO3/c1-23-16-8-4-14(5-9-16)20-18-10-11-19(22)17(18)12-13-2-6-15(21)7-3-13/h2-9,20-21H,10-12H2,1H3. The number of Topliss-reactive ketones (excluding diaryl/α,β-unsaturated/α-hetero) is 1. The van der Waals surface area contributed by atoms with E-state index in [1.165, 1.54) is 0 Å². The summed E-state index contributed by atoms with van der Waals surface area (Å²) in [5.41, 5.74) is 3.76. The summed E-state index contributed by atoms with van der Waals surface area (Å²) in [7, 11) is 1.64. The summed E-state index contributed by atoms with van der Waals surface area (Å²) < 4.78 is 5.15. The number of methoxy groups -OCH3 is 1. The molecule has 118 valence electrons. The van der Waals surface area contributed by atoms with Crippen LogP contribution in [0.3, 0.4) is 0 Å². The molecule has 0 saturated heterocycles. The number of phenolic OH excluding ortho intramolecular Hbond substituents is 1. The summed E-state index contributed by atoms with van der Waals surface area (Å²) in [4.78, 5) is 12.2. The molecule has 2 N–H and O–H groups in total. The van der Waals surface area contributed by atoms with Crippen LogP contribution < -0.4 is 10.1 Å². The summed E-state index contributed by atoms with van der Waals surface area (Å²) >= 11 is 0. The van der Waals surface area contributed by atoms with Gasteiger partial charge in [-0.25, -0.2) is 0 Å². The maximum Gasteiger partial charge on any atom is 0.161 e. The Morgan fingerprint density at radius 2 is 1.74 bits per heavy atom. The zero-order valence-electron chi connectivity index (χ0n) is 13.0. The highest BCUT2D eigenvalue weighted by Gasteiger charge is 2.23. The van der Waals surface area contributed by atoms with Crippen molar-refractivity contribution in [1.29, 1.82) is 0 Å². The Hall–Kier alpha value is -2.75. The van der Waals surface area contributed by atoms with Crippen molar-refractivity contribution in [1.82, 2.24) is 0 Å². The van der Waals surface area contributed by atoms with Crippen LogP contribution in [0.2, 0.25) is 0 Å². The van der Waals surface area contributed by atoms with E-state index in [0.29, 0.717) is 12.8 Å². The molecule has 0 amide bonds. The van der Waals surface area contributed by atoms with Crippen LogP contribution in [0, 0.1) is 0 Å². The summed E-state index contributed by atoms with van der Waals surface area (Å²) in [5, 5.41) is 12.7. The molecule has 0 unspecified atom stereocenters. The van der Waals surface area contributed by atoms with Crippen LogP contribution in [-0.2, 0) is 11.2 Å². The highest BCUT2D eigenvalue weighted by atomic mass is 16.5. The van der Waals surface area contributed by atoms with E-state index in [1.54, 1.807) is 19.2 Å². The van der Waals surface area contributed by atoms with Gasteiger partial charge in [0.15, 0.2) is 5.78 Å². The van der Waals surface area contributed by atoms with Gasteiger partial charge in [-0.15, -0.1) is 0 Å². The van der Waals surface area contributed by atoms with E-state index in [-0.39, 0.29) is 11.5 Å². The maximum atomic E-state index is 12.2. The molecule has 0 heterocycles. The van der Waals surface area contributed by atoms with Gasteiger partial charge >= 0.3 is 0 Å². The Morgan fingerprint density at radius 1 is 1.04 bits per heavy atom. The van der Waals surface area contributed by atoms with Gasteiger partial charge in [-0.05, 0) is 48.4 Å². The number of benzene rings is 2. The number of nitrogens with one attached hydrogen (secondary N) is 1. The van der Waals surface area contributed by atoms with Crippen molar-refractivity contribution in [2.24, 2.45) is 0 Å². The Balaban J connectivity index is 1.80. The lowest BCUT2D eigenvalue weighted by Gasteiger charge is -2.11. The van der Waals surface area contributed by atoms with Crippen molar-refractivity contribution in [2.75, 3.05) is 12.4 Å². The quantitative estimate of drug-likeness (QED) is 0.884. The van der Waals surface area contributed by atoms with Gasteiger partial charge in [-0.1, -0.05) is 12.1 Å². The SMILES string of the molecule is COc1ccc(NC2=C(Cc3ccc(O)cc3)C(=O)CC2)cc1. The van der Waals surface area contributed by atoms with Crippen molar-refractivity contribution in [2.45, 2.75) is 19.3 Å². The predicted octanol–water partition coefficient (Wildman–Crippen LogP) is 3.67. The first-order chi connectivity index (χ1) is 11.2. The molecule has 4 nitrogen and oxygen atoms in total. The van der Waals surface area contributed by atoms with Gasteiger partial charge in [-0.2, -0.15) is 0 Å². The number of ether oxygens (including phenoxy) is 1. The van der Waals surface area contributed by atoms with Crippen LogP contribution in [0.25, 0.3) is 0 Å². The minimum Gasteiger partial charge on any atom is -0.508 e. The number of carbonyl (C=O) groups excluding carboxylic acids is 1. The molecule has 3 rings (SSSR count). The zero-order valence-corrected chi connectivity index (χ0v) is 13.0. The van der Waals surface area contributed by atoms with Gasteiger partial charge in [0.05, 0.1) is 7.11 Å². The number of phenols is 1. The highest BCUT2D eigenvalue weighted by Crippen LogP contribution is 2.28. The van der Waals surface area contributed by atoms with Crippen molar-refractivity contribution >= 4 is 11.5 Å². The summed E-state index contributed by atoms with van der Waals surface area (Å²) in [6.45, 7) is 0. The molecule has 4 heteroatoms. The smallest absolute Gasteiger partial charge is 0.161 e. The van der Waals surface area contributed by atoms with Gasteiger partial charge in [0, 0.05) is 29.8 Å². The molecular formula is C19H19NO3. The first-order valence-electron chi connectivity index (χ1n) is 7.60. The Bertz CT molecular complexity index is 730. The van der Waals surface area contributed by atoms with Crippen molar-refractivity contribution < 1.29 is 14.6 Å². The third-order valence-corrected chi connectivity index (χ3v) is 4.01. The fraction of sp³-hybridized carbons (Fsp3) is 0.211. The number of hydrogen-bond acceptors (Lipinski definition) is 4. The lowest BCUT2D eigenvalue weighted by Crippen LogP contribution is -2.05. The largest absolute Gasteiger partial charge is 0.508 e. The first-order valence-corrected chi connectivity index (χ1v) is 7.60. The second-order valence-corrected chi connectivity index (χ2v) is 5.58. The monoisotopic (exact) mass is 309 g/mol. The second-order valence-electron chi connectivity index (χ2n) is 5.58. The van der Waals surface area contributed by atoms with E-state index >= 15 is 0 Å². The lowest BCUT2D eigenvalue weighted by atomic mass is 10.0. The van der Waals surface area contributed by atoms with Crippen molar-refractivity contribution in [3.05, 3.63) is 65.4 Å². The number of rotatable bonds is 5. The number of hydrogen-bond donors (Lipinski definition) is 2. The summed E-state index contributed by atoms with van der Waals surface area (Å²) in [5.74, 6) is 1.22. The van der Waals surface area contributed by atoms with E-state index in [2.05, 4.69) is 5.32 Å². The highest BCUT2D eigenvalue weighted by molar-refractivity contribution is 5.99. The minimum absolute atomic E-state index is 0.189. The van der Waals surface area contributed by atoms with E-state index < -0.39 is 0 Å². The third-order valence-electron chi connectivity index (χ3n) is 4.01.